The van der Waals surface area contributed by atoms with Crippen LogP contribution in [0.2, 0.25) is 0 Å². The fourth-order valence-corrected chi connectivity index (χ4v) is 4.26. The Balaban J connectivity index is 1.51. The Morgan fingerprint density at radius 3 is 2.44 bits per heavy atom. The highest BCUT2D eigenvalue weighted by Gasteiger charge is 2.36. The first kappa shape index (κ1) is 24.2. The molecule has 0 bridgehead atoms. The molecule has 2 heterocycles. The van der Waals surface area contributed by atoms with Crippen LogP contribution in [0.5, 0.6) is 0 Å². The SMILES string of the molecule is O=C(O)CC1(CNc2ncnc(N(Cc3ccc(C(F)(F)F)cc3)C3CC3)c2F)CCOCC1. The Bertz CT molecular complexity index is 1010. The molecule has 1 aliphatic carbocycles. The molecule has 1 saturated carbocycles. The summed E-state index contributed by atoms with van der Waals surface area (Å²) in [6.45, 7) is 1.30. The lowest BCUT2D eigenvalue weighted by molar-refractivity contribution is -0.141. The fourth-order valence-electron chi connectivity index (χ4n) is 4.26. The van der Waals surface area contributed by atoms with Crippen LogP contribution in [0.3, 0.4) is 0 Å². The van der Waals surface area contributed by atoms with Gasteiger partial charge in [0.05, 0.1) is 12.0 Å². The van der Waals surface area contributed by atoms with E-state index in [0.717, 1.165) is 25.0 Å². The minimum absolute atomic E-state index is 0.0284. The third kappa shape index (κ3) is 5.75. The van der Waals surface area contributed by atoms with E-state index in [0.29, 0.717) is 31.6 Å². The van der Waals surface area contributed by atoms with Gasteiger partial charge in [-0.15, -0.1) is 0 Å². The number of benzene rings is 1. The van der Waals surface area contributed by atoms with Crippen LogP contribution in [0, 0.1) is 11.2 Å². The maximum absolute atomic E-state index is 15.5. The Morgan fingerprint density at radius 1 is 1.18 bits per heavy atom. The van der Waals surface area contributed by atoms with Gasteiger partial charge in [-0.1, -0.05) is 12.1 Å². The van der Waals surface area contributed by atoms with Gasteiger partial charge in [0.1, 0.15) is 6.33 Å². The minimum Gasteiger partial charge on any atom is -0.481 e. The predicted molar refractivity (Wildman–Crippen MR) is 116 cm³/mol. The van der Waals surface area contributed by atoms with E-state index in [1.54, 1.807) is 4.90 Å². The van der Waals surface area contributed by atoms with Crippen LogP contribution >= 0.6 is 0 Å². The van der Waals surface area contributed by atoms with Crippen molar-refractivity contribution in [3.05, 3.63) is 47.5 Å². The molecule has 0 amide bonds. The summed E-state index contributed by atoms with van der Waals surface area (Å²) in [6.07, 6.45) is -0.524. The Hall–Kier alpha value is -2.95. The lowest BCUT2D eigenvalue weighted by Gasteiger charge is -2.36. The average Bonchev–Trinajstić information content (AvgIpc) is 3.62. The van der Waals surface area contributed by atoms with Gasteiger partial charge in [-0.25, -0.2) is 9.97 Å². The average molecular weight is 482 g/mol. The fraction of sp³-hybridized carbons (Fsp3) is 0.522. The monoisotopic (exact) mass is 482 g/mol. The second-order valence-electron chi connectivity index (χ2n) is 8.95. The highest BCUT2D eigenvalue weighted by atomic mass is 19.4. The van der Waals surface area contributed by atoms with E-state index in [-0.39, 0.29) is 37.2 Å². The van der Waals surface area contributed by atoms with E-state index < -0.39 is 28.9 Å². The molecule has 1 aromatic carbocycles. The van der Waals surface area contributed by atoms with Crippen LogP contribution in [0.1, 0.15) is 43.2 Å². The van der Waals surface area contributed by atoms with Crippen molar-refractivity contribution in [3.8, 4) is 0 Å². The lowest BCUT2D eigenvalue weighted by atomic mass is 9.77. The van der Waals surface area contributed by atoms with E-state index in [4.69, 9.17) is 4.74 Å². The number of halogens is 4. The zero-order valence-electron chi connectivity index (χ0n) is 18.4. The standard InChI is InChI=1S/C23H26F4N4O3/c24-19-20(28-13-22(11-18(32)33)7-9-34-10-8-22)29-14-30-21(19)31(17-5-6-17)12-15-1-3-16(4-2-15)23(25,26)27/h1-4,14,17H,5-13H2,(H,32,33)(H,28,29,30). The van der Waals surface area contributed by atoms with Crippen LogP contribution in [-0.4, -0.2) is 46.8 Å². The number of carboxylic acids is 1. The molecule has 2 aliphatic rings. The summed E-state index contributed by atoms with van der Waals surface area (Å²) in [4.78, 5) is 21.3. The molecule has 1 saturated heterocycles. The van der Waals surface area contributed by atoms with E-state index >= 15 is 4.39 Å². The summed E-state index contributed by atoms with van der Waals surface area (Å²) in [6, 6.07) is 4.83. The van der Waals surface area contributed by atoms with E-state index in [2.05, 4.69) is 15.3 Å². The quantitative estimate of drug-likeness (QED) is 0.510. The first-order valence-corrected chi connectivity index (χ1v) is 11.1. The van der Waals surface area contributed by atoms with Crippen LogP contribution in [0.25, 0.3) is 0 Å². The molecule has 1 aromatic heterocycles. The molecule has 2 aromatic rings. The first-order valence-electron chi connectivity index (χ1n) is 11.1. The zero-order chi connectivity index (χ0) is 24.3. The van der Waals surface area contributed by atoms with Gasteiger partial charge in [0.2, 0.25) is 5.82 Å². The number of carboxylic acid groups (broad SMARTS) is 1. The van der Waals surface area contributed by atoms with Crippen molar-refractivity contribution >= 4 is 17.6 Å². The molecule has 0 atom stereocenters. The van der Waals surface area contributed by atoms with Crippen LogP contribution in [0.4, 0.5) is 29.2 Å². The van der Waals surface area contributed by atoms with Gasteiger partial charge < -0.3 is 20.1 Å². The molecule has 1 aliphatic heterocycles. The van der Waals surface area contributed by atoms with Gasteiger partial charge in [-0.2, -0.15) is 17.6 Å². The molecule has 0 unspecified atom stereocenters. The van der Waals surface area contributed by atoms with Crippen molar-refractivity contribution < 1.29 is 32.2 Å². The smallest absolute Gasteiger partial charge is 0.416 e. The topological polar surface area (TPSA) is 87.6 Å². The molecule has 7 nitrogen and oxygen atoms in total. The summed E-state index contributed by atoms with van der Waals surface area (Å²) in [7, 11) is 0. The molecule has 0 radical (unpaired) electrons. The van der Waals surface area contributed by atoms with Crippen molar-refractivity contribution in [1.29, 1.82) is 0 Å². The van der Waals surface area contributed by atoms with Crippen LogP contribution < -0.4 is 10.2 Å². The van der Waals surface area contributed by atoms with Crippen molar-refractivity contribution in [3.63, 3.8) is 0 Å². The number of hydrogen-bond donors (Lipinski definition) is 2. The highest BCUT2D eigenvalue weighted by molar-refractivity contribution is 5.68. The third-order valence-electron chi connectivity index (χ3n) is 6.38. The van der Waals surface area contributed by atoms with Gasteiger partial charge >= 0.3 is 12.1 Å². The Kier molecular flexibility index (Phi) is 6.92. The second-order valence-corrected chi connectivity index (χ2v) is 8.95. The minimum atomic E-state index is -4.42. The number of carbonyl (C=O) groups is 1. The highest BCUT2D eigenvalue weighted by Crippen LogP contribution is 2.37. The zero-order valence-corrected chi connectivity index (χ0v) is 18.4. The molecular formula is C23H26F4N4O3. The summed E-state index contributed by atoms with van der Waals surface area (Å²) in [5, 5.41) is 12.3. The number of aliphatic carboxylic acids is 1. The van der Waals surface area contributed by atoms with Gasteiger partial charge in [0.25, 0.3) is 0 Å². The summed E-state index contributed by atoms with van der Waals surface area (Å²) >= 11 is 0. The summed E-state index contributed by atoms with van der Waals surface area (Å²) in [5.41, 5.74) is -0.703. The molecule has 2 fully saturated rings. The van der Waals surface area contributed by atoms with Gasteiger partial charge in [-0.05, 0) is 43.4 Å². The maximum Gasteiger partial charge on any atom is 0.416 e. The van der Waals surface area contributed by atoms with Gasteiger partial charge in [-0.3, -0.25) is 4.79 Å². The van der Waals surface area contributed by atoms with E-state index in [1.165, 1.54) is 18.5 Å². The maximum atomic E-state index is 15.5. The summed E-state index contributed by atoms with van der Waals surface area (Å²) in [5.74, 6) is -1.55. The van der Waals surface area contributed by atoms with Gasteiger partial charge in [0, 0.05) is 37.8 Å². The Morgan fingerprint density at radius 2 is 1.85 bits per heavy atom. The second kappa shape index (κ2) is 9.73. The van der Waals surface area contributed by atoms with E-state index in [1.807, 2.05) is 0 Å². The van der Waals surface area contributed by atoms with Crippen LogP contribution in [-0.2, 0) is 22.3 Å². The van der Waals surface area contributed by atoms with Crippen molar-refractivity contribution in [2.75, 3.05) is 30.0 Å². The van der Waals surface area contributed by atoms with Gasteiger partial charge in [0.15, 0.2) is 11.6 Å². The molecule has 34 heavy (non-hydrogen) atoms. The molecular weight excluding hydrogens is 456 g/mol. The number of ether oxygens (including phenoxy) is 1. The summed E-state index contributed by atoms with van der Waals surface area (Å²) < 4.78 is 59.4. The molecule has 0 spiro atoms. The number of nitrogens with zero attached hydrogens (tertiary/aromatic N) is 3. The normalized spacial score (nSPS) is 17.9. The number of alkyl halides is 3. The van der Waals surface area contributed by atoms with Crippen molar-refractivity contribution in [2.45, 2.75) is 50.9 Å². The lowest BCUT2D eigenvalue weighted by Crippen LogP contribution is -2.38. The van der Waals surface area contributed by atoms with Crippen molar-refractivity contribution in [2.24, 2.45) is 5.41 Å². The predicted octanol–water partition coefficient (Wildman–Crippen LogP) is 4.49. The first-order chi connectivity index (χ1) is 16.2. The van der Waals surface area contributed by atoms with Crippen LogP contribution in [0.15, 0.2) is 30.6 Å². The number of aromatic nitrogens is 2. The molecule has 184 valence electrons. The number of anilines is 2. The van der Waals surface area contributed by atoms with E-state index in [9.17, 15) is 23.1 Å². The van der Waals surface area contributed by atoms with Crippen molar-refractivity contribution in [1.82, 2.24) is 9.97 Å². The molecule has 2 N–H and O–H groups in total. The number of rotatable bonds is 9. The third-order valence-corrected chi connectivity index (χ3v) is 6.38. The molecule has 11 heteroatoms. The number of nitrogens with one attached hydrogen (secondary N) is 1. The molecule has 4 rings (SSSR count). The largest absolute Gasteiger partial charge is 0.481 e. The number of hydrogen-bond acceptors (Lipinski definition) is 6. The Labute approximate surface area is 194 Å².